The maximum absolute atomic E-state index is 13.0. The third-order valence-corrected chi connectivity index (χ3v) is 6.07. The monoisotopic (exact) mass is 450 g/mol. The van der Waals surface area contributed by atoms with Crippen molar-refractivity contribution < 1.29 is 36.4 Å². The van der Waals surface area contributed by atoms with Crippen LogP contribution in [0.15, 0.2) is 35.3 Å². The lowest BCUT2D eigenvalue weighted by atomic mass is 10.1. The van der Waals surface area contributed by atoms with Gasteiger partial charge in [-0.1, -0.05) is 19.6 Å². The van der Waals surface area contributed by atoms with E-state index in [1.807, 2.05) is 0 Å². The lowest BCUT2D eigenvalue weighted by Crippen LogP contribution is -2.38. The lowest BCUT2D eigenvalue weighted by molar-refractivity contribution is -0.384. The van der Waals surface area contributed by atoms with Crippen LogP contribution in [-0.4, -0.2) is 24.3 Å². The number of aromatic hydroxyl groups is 1. The average Bonchev–Trinajstić information content (AvgIpc) is 2.57. The summed E-state index contributed by atoms with van der Waals surface area (Å²) in [7, 11) is -2.28. The average molecular weight is 450 g/mol. The Morgan fingerprint density at radius 2 is 1.47 bits per heavy atom. The van der Waals surface area contributed by atoms with E-state index in [9.17, 15) is 41.6 Å². The highest BCUT2D eigenvalue weighted by atomic mass is 28.3. The fourth-order valence-electron chi connectivity index (χ4n) is 2.57. The standard InChI is InChI=1S/C18H16F6N2O3Si/c1-30(2,3)15-8-14(26(28)29)4-10(16(15)27)9-25-13-6-11(17(19,20)21)5-12(7-13)18(22,23)24/h4-9,27H,1-3H3. The van der Waals surface area contributed by atoms with E-state index >= 15 is 0 Å². The summed E-state index contributed by atoms with van der Waals surface area (Å²) in [6, 6.07) is 2.94. The number of aliphatic imine (C=N–C) groups is 1. The molecule has 162 valence electrons. The van der Waals surface area contributed by atoms with Gasteiger partial charge in [0.05, 0.1) is 29.8 Å². The maximum Gasteiger partial charge on any atom is 0.416 e. The number of nitro benzene ring substituents is 1. The summed E-state index contributed by atoms with van der Waals surface area (Å²) >= 11 is 0. The van der Waals surface area contributed by atoms with Crippen molar-refractivity contribution in [1.82, 2.24) is 0 Å². The Morgan fingerprint density at radius 1 is 0.967 bits per heavy atom. The molecule has 0 aromatic heterocycles. The number of phenols is 1. The SMILES string of the molecule is C[Si](C)(C)c1cc([N+](=O)[O-])cc(C=Nc2cc(C(F)(F)F)cc(C(F)(F)F)c2)c1O. The van der Waals surface area contributed by atoms with Gasteiger partial charge in [0.1, 0.15) is 5.75 Å². The Labute approximate surface area is 167 Å². The minimum Gasteiger partial charge on any atom is -0.507 e. The predicted molar refractivity (Wildman–Crippen MR) is 101 cm³/mol. The van der Waals surface area contributed by atoms with E-state index in [0.29, 0.717) is 17.3 Å². The van der Waals surface area contributed by atoms with Gasteiger partial charge in [0.25, 0.3) is 5.69 Å². The van der Waals surface area contributed by atoms with Crippen molar-refractivity contribution in [2.45, 2.75) is 32.0 Å². The zero-order valence-electron chi connectivity index (χ0n) is 15.9. The second kappa shape index (κ2) is 7.74. The summed E-state index contributed by atoms with van der Waals surface area (Å²) in [5.74, 6) is -0.355. The molecule has 0 atom stereocenters. The lowest BCUT2D eigenvalue weighted by Gasteiger charge is -2.19. The van der Waals surface area contributed by atoms with Crippen LogP contribution in [0.5, 0.6) is 5.75 Å². The second-order valence-corrected chi connectivity index (χ2v) is 12.5. The molecule has 30 heavy (non-hydrogen) atoms. The van der Waals surface area contributed by atoms with Gasteiger partial charge in [0.2, 0.25) is 0 Å². The van der Waals surface area contributed by atoms with Gasteiger partial charge in [-0.15, -0.1) is 0 Å². The van der Waals surface area contributed by atoms with Crippen LogP contribution in [-0.2, 0) is 12.4 Å². The van der Waals surface area contributed by atoms with Gasteiger partial charge in [-0.3, -0.25) is 15.1 Å². The normalized spacial score (nSPS) is 13.1. The molecule has 0 aliphatic rings. The molecular weight excluding hydrogens is 434 g/mol. The molecule has 0 aliphatic heterocycles. The molecule has 0 saturated carbocycles. The number of hydrogen-bond acceptors (Lipinski definition) is 4. The van der Waals surface area contributed by atoms with Crippen molar-refractivity contribution in [3.63, 3.8) is 0 Å². The molecule has 0 aliphatic carbocycles. The highest BCUT2D eigenvalue weighted by Gasteiger charge is 2.37. The molecule has 0 bridgehead atoms. The van der Waals surface area contributed by atoms with E-state index in [4.69, 9.17) is 0 Å². The van der Waals surface area contributed by atoms with Crippen LogP contribution in [0.2, 0.25) is 19.6 Å². The molecular formula is C18H16F6N2O3Si. The first kappa shape index (κ1) is 23.4. The molecule has 0 heterocycles. The first-order valence-electron chi connectivity index (χ1n) is 8.35. The minimum atomic E-state index is -5.04. The Balaban J connectivity index is 2.64. The molecule has 2 aromatic rings. The number of alkyl halides is 6. The molecule has 12 heteroatoms. The number of nitrogens with zero attached hydrogens (tertiary/aromatic N) is 2. The van der Waals surface area contributed by atoms with Gasteiger partial charge in [-0.05, 0) is 23.4 Å². The van der Waals surface area contributed by atoms with E-state index in [2.05, 4.69) is 4.99 Å². The number of phenolic OH excluding ortho intramolecular Hbond substituents is 1. The van der Waals surface area contributed by atoms with Crippen LogP contribution in [0.1, 0.15) is 16.7 Å². The van der Waals surface area contributed by atoms with E-state index in [1.165, 1.54) is 6.07 Å². The van der Waals surface area contributed by atoms with E-state index in [1.54, 1.807) is 19.6 Å². The van der Waals surface area contributed by atoms with Gasteiger partial charge >= 0.3 is 12.4 Å². The fourth-order valence-corrected chi connectivity index (χ4v) is 4.01. The van der Waals surface area contributed by atoms with E-state index < -0.39 is 42.2 Å². The summed E-state index contributed by atoms with van der Waals surface area (Å²) in [4.78, 5) is 14.1. The molecule has 0 spiro atoms. The topological polar surface area (TPSA) is 75.7 Å². The molecule has 2 rings (SSSR count). The van der Waals surface area contributed by atoms with Gasteiger partial charge < -0.3 is 5.11 Å². The molecule has 5 nitrogen and oxygen atoms in total. The number of halogens is 6. The van der Waals surface area contributed by atoms with E-state index in [0.717, 1.165) is 12.3 Å². The van der Waals surface area contributed by atoms with Crippen molar-refractivity contribution in [2.24, 2.45) is 4.99 Å². The summed E-state index contributed by atoms with van der Waals surface area (Å²) in [6.45, 7) is 5.40. The first-order chi connectivity index (χ1) is 13.5. The maximum atomic E-state index is 13.0. The van der Waals surface area contributed by atoms with Crippen LogP contribution < -0.4 is 5.19 Å². The summed E-state index contributed by atoms with van der Waals surface area (Å²) in [6.07, 6.45) is -9.27. The van der Waals surface area contributed by atoms with Gasteiger partial charge in [-0.2, -0.15) is 26.3 Å². The highest BCUT2D eigenvalue weighted by molar-refractivity contribution is 6.89. The molecule has 0 amide bonds. The third-order valence-electron chi connectivity index (χ3n) is 4.07. The van der Waals surface area contributed by atoms with Crippen LogP contribution in [0, 0.1) is 10.1 Å². The Morgan fingerprint density at radius 3 is 1.87 bits per heavy atom. The third kappa shape index (κ3) is 5.37. The van der Waals surface area contributed by atoms with Crippen molar-refractivity contribution in [3.8, 4) is 5.75 Å². The molecule has 1 N–H and O–H groups in total. The second-order valence-electron chi connectivity index (χ2n) is 7.46. The molecule has 0 unspecified atom stereocenters. The molecule has 0 saturated heterocycles. The van der Waals surface area contributed by atoms with Gasteiger partial charge in [-0.25, -0.2) is 0 Å². The van der Waals surface area contributed by atoms with Crippen molar-refractivity contribution in [1.29, 1.82) is 0 Å². The van der Waals surface area contributed by atoms with Gasteiger partial charge in [0.15, 0.2) is 0 Å². The van der Waals surface area contributed by atoms with Crippen LogP contribution >= 0.6 is 0 Å². The minimum absolute atomic E-state index is 0.0346. The fraction of sp³-hybridized carbons (Fsp3) is 0.278. The van der Waals surface area contributed by atoms with Crippen molar-refractivity contribution in [2.75, 3.05) is 0 Å². The zero-order valence-corrected chi connectivity index (χ0v) is 16.9. The zero-order chi connectivity index (χ0) is 23.1. The van der Waals surface area contributed by atoms with Crippen molar-refractivity contribution in [3.05, 3.63) is 57.1 Å². The van der Waals surface area contributed by atoms with Crippen LogP contribution in [0.25, 0.3) is 0 Å². The first-order valence-corrected chi connectivity index (χ1v) is 11.9. The summed E-state index contributed by atoms with van der Waals surface area (Å²) < 4.78 is 77.8. The molecule has 0 fully saturated rings. The molecule has 0 radical (unpaired) electrons. The Bertz CT molecular complexity index is 978. The number of benzene rings is 2. The Hall–Kier alpha value is -2.89. The quantitative estimate of drug-likeness (QED) is 0.216. The van der Waals surface area contributed by atoms with Crippen LogP contribution in [0.4, 0.5) is 37.7 Å². The number of non-ortho nitro benzene ring substituents is 1. The summed E-state index contributed by atoms with van der Waals surface area (Å²) in [5.41, 5.74) is -4.33. The molecule has 2 aromatic carbocycles. The number of nitro groups is 1. The Kier molecular flexibility index (Phi) is 6.03. The summed E-state index contributed by atoms with van der Waals surface area (Å²) in [5, 5.41) is 21.9. The smallest absolute Gasteiger partial charge is 0.416 e. The largest absolute Gasteiger partial charge is 0.507 e. The highest BCUT2D eigenvalue weighted by Crippen LogP contribution is 2.38. The van der Waals surface area contributed by atoms with Gasteiger partial charge in [0, 0.05) is 23.9 Å². The predicted octanol–water partition coefficient (Wildman–Crippen LogP) is 5.63. The number of rotatable bonds is 4. The van der Waals surface area contributed by atoms with Crippen molar-refractivity contribution >= 4 is 30.8 Å². The van der Waals surface area contributed by atoms with Crippen LogP contribution in [0.3, 0.4) is 0 Å². The van der Waals surface area contributed by atoms with E-state index in [-0.39, 0.29) is 23.1 Å². The number of hydrogen-bond donors (Lipinski definition) is 1.